The number of carbonyl (C=O) groups excluding carboxylic acids is 2. The van der Waals surface area contributed by atoms with Crippen molar-refractivity contribution < 1.29 is 19.1 Å². The first-order valence-electron chi connectivity index (χ1n) is 13.0. The first-order chi connectivity index (χ1) is 17.6. The second-order valence-corrected chi connectivity index (χ2v) is 9.79. The van der Waals surface area contributed by atoms with Gasteiger partial charge in [-0.2, -0.15) is 5.10 Å². The first-order valence-corrected chi connectivity index (χ1v) is 13.0. The molecule has 2 amide bonds. The number of anilines is 1. The zero-order chi connectivity index (χ0) is 24.8. The van der Waals surface area contributed by atoms with Gasteiger partial charge in [0.05, 0.1) is 31.9 Å². The number of benzene rings is 1. The van der Waals surface area contributed by atoms with E-state index in [1.165, 1.54) is 12.8 Å². The van der Waals surface area contributed by atoms with Gasteiger partial charge < -0.3 is 20.1 Å². The molecule has 2 aromatic rings. The van der Waals surface area contributed by atoms with E-state index in [-0.39, 0.29) is 18.4 Å². The number of rotatable bonds is 4. The molecule has 192 valence electrons. The van der Waals surface area contributed by atoms with Gasteiger partial charge in [0.1, 0.15) is 18.2 Å². The molecule has 1 spiro atoms. The molecule has 2 N–H and O–H groups in total. The molecule has 1 saturated heterocycles. The number of hydrogen-bond donors (Lipinski definition) is 2. The van der Waals surface area contributed by atoms with Crippen LogP contribution in [-0.2, 0) is 20.7 Å². The maximum Gasteiger partial charge on any atom is 0.254 e. The summed E-state index contributed by atoms with van der Waals surface area (Å²) in [6.07, 6.45) is 11.5. The van der Waals surface area contributed by atoms with Gasteiger partial charge in [-0.05, 0) is 30.9 Å². The maximum absolute atomic E-state index is 13.3. The van der Waals surface area contributed by atoms with Crippen LogP contribution in [0.2, 0.25) is 0 Å². The Labute approximate surface area is 211 Å². The van der Waals surface area contributed by atoms with E-state index in [0.29, 0.717) is 51.7 Å². The molecule has 1 aliphatic carbocycles. The third-order valence-corrected chi connectivity index (χ3v) is 7.22. The Morgan fingerprint density at radius 2 is 2.03 bits per heavy atom. The molecule has 1 saturated carbocycles. The molecule has 2 fully saturated rings. The molecular weight excluding hydrogens is 458 g/mol. The predicted octanol–water partition coefficient (Wildman–Crippen LogP) is 2.71. The second-order valence-electron chi connectivity index (χ2n) is 9.79. The largest absolute Gasteiger partial charge is 0.491 e. The Kier molecular flexibility index (Phi) is 7.67. The highest BCUT2D eigenvalue weighted by Crippen LogP contribution is 2.31. The fourth-order valence-corrected chi connectivity index (χ4v) is 5.37. The average molecular weight is 494 g/mol. The van der Waals surface area contributed by atoms with Crippen LogP contribution in [-0.4, -0.2) is 71.5 Å². The van der Waals surface area contributed by atoms with E-state index in [1.54, 1.807) is 6.20 Å². The number of amides is 2. The Morgan fingerprint density at radius 1 is 1.17 bits per heavy atom. The van der Waals surface area contributed by atoms with Crippen molar-refractivity contribution >= 4 is 17.6 Å². The highest BCUT2D eigenvalue weighted by molar-refractivity contribution is 5.91. The summed E-state index contributed by atoms with van der Waals surface area (Å²) >= 11 is 0. The highest BCUT2D eigenvalue weighted by atomic mass is 16.5. The summed E-state index contributed by atoms with van der Waals surface area (Å²) in [5.74, 6) is 1.30. The van der Waals surface area contributed by atoms with Crippen molar-refractivity contribution in [3.05, 3.63) is 54.2 Å². The minimum Gasteiger partial charge on any atom is -0.491 e. The third-order valence-electron chi connectivity index (χ3n) is 7.22. The molecule has 3 heterocycles. The lowest BCUT2D eigenvalue weighted by Gasteiger charge is -2.41. The van der Waals surface area contributed by atoms with E-state index in [4.69, 9.17) is 9.47 Å². The quantitative estimate of drug-likeness (QED) is 0.636. The topological polar surface area (TPSA) is 97.7 Å². The van der Waals surface area contributed by atoms with Gasteiger partial charge in [0.2, 0.25) is 5.91 Å². The summed E-state index contributed by atoms with van der Waals surface area (Å²) in [5, 5.41) is 10.4. The van der Waals surface area contributed by atoms with E-state index in [1.807, 2.05) is 39.9 Å². The van der Waals surface area contributed by atoms with Crippen LogP contribution >= 0.6 is 0 Å². The average Bonchev–Trinajstić information content (AvgIpc) is 3.56. The molecule has 36 heavy (non-hydrogen) atoms. The van der Waals surface area contributed by atoms with Gasteiger partial charge in [-0.1, -0.05) is 43.2 Å². The van der Waals surface area contributed by atoms with Crippen LogP contribution in [0.15, 0.2) is 48.7 Å². The normalized spacial score (nSPS) is 24.7. The van der Waals surface area contributed by atoms with E-state index >= 15 is 0 Å². The van der Waals surface area contributed by atoms with Crippen molar-refractivity contribution in [2.75, 3.05) is 44.7 Å². The summed E-state index contributed by atoms with van der Waals surface area (Å²) in [7, 11) is 0. The van der Waals surface area contributed by atoms with Crippen LogP contribution < -0.4 is 15.4 Å². The van der Waals surface area contributed by atoms with E-state index in [2.05, 4.69) is 27.9 Å². The standard InChI is InChI=1S/C27H35N5O4/c33-25(30-24-12-14-29-32(24)22-9-2-3-10-22)19-31-16-18-36-27(20-31)13-6-5-8-21-7-1-4-11-23(21)35-17-15-28-26(27)34/h1,4-7,11-12,14,22H,2-3,8-10,13,15-20H2,(H,28,34)(H,30,33)/b6-5+. The molecule has 0 bridgehead atoms. The zero-order valence-electron chi connectivity index (χ0n) is 20.7. The van der Waals surface area contributed by atoms with Crippen LogP contribution in [0.5, 0.6) is 5.75 Å². The molecular formula is C27H35N5O4. The van der Waals surface area contributed by atoms with Crippen molar-refractivity contribution in [2.45, 2.75) is 50.2 Å². The molecule has 1 unspecified atom stereocenters. The number of allylic oxidation sites excluding steroid dienone is 1. The molecule has 1 aromatic carbocycles. The van der Waals surface area contributed by atoms with Gasteiger partial charge in [0.15, 0.2) is 5.60 Å². The van der Waals surface area contributed by atoms with Gasteiger partial charge in [-0.3, -0.25) is 14.5 Å². The summed E-state index contributed by atoms with van der Waals surface area (Å²) in [5.41, 5.74) is 0.0636. The number of hydrogen-bond acceptors (Lipinski definition) is 6. The first kappa shape index (κ1) is 24.5. The van der Waals surface area contributed by atoms with Gasteiger partial charge in [0, 0.05) is 25.6 Å². The lowest BCUT2D eigenvalue weighted by Crippen LogP contribution is -2.60. The smallest absolute Gasteiger partial charge is 0.254 e. The predicted molar refractivity (Wildman–Crippen MR) is 136 cm³/mol. The Morgan fingerprint density at radius 3 is 2.92 bits per heavy atom. The van der Waals surface area contributed by atoms with Crippen molar-refractivity contribution in [1.82, 2.24) is 20.0 Å². The van der Waals surface area contributed by atoms with Crippen LogP contribution in [0, 0.1) is 0 Å². The molecule has 0 radical (unpaired) electrons. The number of para-hydroxylation sites is 1. The Balaban J connectivity index is 1.24. The fraction of sp³-hybridized carbons (Fsp3) is 0.519. The summed E-state index contributed by atoms with van der Waals surface area (Å²) in [6.45, 7) is 2.26. The monoisotopic (exact) mass is 493 g/mol. The number of nitrogens with one attached hydrogen (secondary N) is 2. The van der Waals surface area contributed by atoms with E-state index < -0.39 is 5.60 Å². The molecule has 9 heteroatoms. The van der Waals surface area contributed by atoms with Gasteiger partial charge >= 0.3 is 0 Å². The van der Waals surface area contributed by atoms with Crippen molar-refractivity contribution in [2.24, 2.45) is 0 Å². The summed E-state index contributed by atoms with van der Waals surface area (Å²) in [4.78, 5) is 28.2. The SMILES string of the molecule is O=C(CN1CCOC2(C/C=C/Cc3ccccc3OCCNC2=O)C1)Nc1ccnn1C1CCCC1. The van der Waals surface area contributed by atoms with Gasteiger partial charge in [-0.25, -0.2) is 4.68 Å². The third kappa shape index (κ3) is 5.63. The van der Waals surface area contributed by atoms with Crippen LogP contribution in [0.25, 0.3) is 0 Å². The number of aromatic nitrogens is 2. The minimum absolute atomic E-state index is 0.110. The number of carbonyl (C=O) groups is 2. The Hall–Kier alpha value is -3.17. The molecule has 1 aromatic heterocycles. The van der Waals surface area contributed by atoms with Crippen LogP contribution in [0.4, 0.5) is 5.82 Å². The van der Waals surface area contributed by atoms with Crippen molar-refractivity contribution in [3.63, 3.8) is 0 Å². The maximum atomic E-state index is 13.3. The van der Waals surface area contributed by atoms with Crippen molar-refractivity contribution in [1.29, 1.82) is 0 Å². The lowest BCUT2D eigenvalue weighted by atomic mass is 9.94. The van der Waals surface area contributed by atoms with Crippen LogP contribution in [0.3, 0.4) is 0 Å². The lowest BCUT2D eigenvalue weighted by molar-refractivity contribution is -0.160. The molecule has 2 aliphatic heterocycles. The Bertz CT molecular complexity index is 1090. The fourth-order valence-electron chi connectivity index (χ4n) is 5.37. The molecule has 1 atom stereocenters. The molecule has 5 rings (SSSR count). The number of ether oxygens (including phenoxy) is 2. The van der Waals surface area contributed by atoms with E-state index in [9.17, 15) is 9.59 Å². The second kappa shape index (κ2) is 11.3. The highest BCUT2D eigenvalue weighted by Gasteiger charge is 2.43. The van der Waals surface area contributed by atoms with Crippen molar-refractivity contribution in [3.8, 4) is 5.75 Å². The molecule has 9 nitrogen and oxygen atoms in total. The van der Waals surface area contributed by atoms with Gasteiger partial charge in [0.25, 0.3) is 5.91 Å². The minimum atomic E-state index is -1.04. The summed E-state index contributed by atoms with van der Waals surface area (Å²) in [6, 6.07) is 10.2. The zero-order valence-corrected chi connectivity index (χ0v) is 20.7. The number of nitrogens with zero attached hydrogens (tertiary/aromatic N) is 3. The number of fused-ring (bicyclic) bond motifs is 1. The molecule has 3 aliphatic rings. The number of morpholine rings is 1. The van der Waals surface area contributed by atoms with Gasteiger partial charge in [-0.15, -0.1) is 0 Å². The summed E-state index contributed by atoms with van der Waals surface area (Å²) < 4.78 is 13.9. The van der Waals surface area contributed by atoms with Crippen LogP contribution in [0.1, 0.15) is 43.7 Å². The van der Waals surface area contributed by atoms with E-state index in [0.717, 1.165) is 30.0 Å².